The third-order valence-corrected chi connectivity index (χ3v) is 2.33. The van der Waals surface area contributed by atoms with E-state index in [0.717, 1.165) is 6.07 Å². The Hall–Kier alpha value is -3.03. The minimum atomic E-state index is -1.36. The molecule has 102 valence electrons. The standard InChI is InChI=1S/C12H7FN2O5/c13-7-3-1-4-9(11(7)15(18)19)20-8-5-2-6-14-10(8)12(16)17/h1-6H,(H,16,17). The van der Waals surface area contributed by atoms with Crippen molar-refractivity contribution < 1.29 is 24.0 Å². The summed E-state index contributed by atoms with van der Waals surface area (Å²) >= 11 is 0. The molecular formula is C12H7FN2O5. The zero-order valence-electron chi connectivity index (χ0n) is 9.82. The average molecular weight is 278 g/mol. The van der Waals surface area contributed by atoms with Gasteiger partial charge in [0.1, 0.15) is 0 Å². The second-order valence-electron chi connectivity index (χ2n) is 3.60. The van der Waals surface area contributed by atoms with E-state index in [0.29, 0.717) is 0 Å². The van der Waals surface area contributed by atoms with E-state index >= 15 is 0 Å². The molecule has 20 heavy (non-hydrogen) atoms. The Bertz CT molecular complexity index is 689. The van der Waals surface area contributed by atoms with E-state index in [9.17, 15) is 19.3 Å². The van der Waals surface area contributed by atoms with E-state index in [4.69, 9.17) is 9.84 Å². The Morgan fingerprint density at radius 2 is 2.00 bits per heavy atom. The van der Waals surface area contributed by atoms with E-state index in [1.807, 2.05) is 0 Å². The summed E-state index contributed by atoms with van der Waals surface area (Å²) in [6.07, 6.45) is 1.23. The maximum absolute atomic E-state index is 13.4. The van der Waals surface area contributed by atoms with E-state index in [2.05, 4.69) is 4.98 Å². The van der Waals surface area contributed by atoms with Crippen LogP contribution < -0.4 is 4.74 Å². The molecule has 1 heterocycles. The van der Waals surface area contributed by atoms with Gasteiger partial charge in [-0.1, -0.05) is 6.07 Å². The van der Waals surface area contributed by atoms with Crippen molar-refractivity contribution >= 4 is 11.7 Å². The number of nitro benzene ring substituents is 1. The van der Waals surface area contributed by atoms with Crippen LogP contribution in [-0.4, -0.2) is 21.0 Å². The highest BCUT2D eigenvalue weighted by atomic mass is 19.1. The second-order valence-corrected chi connectivity index (χ2v) is 3.60. The Morgan fingerprint density at radius 3 is 2.65 bits per heavy atom. The number of nitro groups is 1. The lowest BCUT2D eigenvalue weighted by atomic mass is 10.2. The number of rotatable bonds is 4. The SMILES string of the molecule is O=C(O)c1ncccc1Oc1cccc(F)c1[N+](=O)[O-]. The number of hydrogen-bond acceptors (Lipinski definition) is 5. The normalized spacial score (nSPS) is 10.1. The number of benzene rings is 1. The number of halogens is 1. The highest BCUT2D eigenvalue weighted by Crippen LogP contribution is 2.34. The number of hydrogen-bond donors (Lipinski definition) is 1. The number of nitrogens with zero attached hydrogens (tertiary/aromatic N) is 2. The van der Waals surface area contributed by atoms with E-state index < -0.39 is 33.8 Å². The Morgan fingerprint density at radius 1 is 1.30 bits per heavy atom. The maximum atomic E-state index is 13.4. The molecule has 0 bridgehead atoms. The molecule has 8 heteroatoms. The zero-order valence-corrected chi connectivity index (χ0v) is 9.82. The van der Waals surface area contributed by atoms with Gasteiger partial charge in [0.2, 0.25) is 11.6 Å². The molecule has 0 saturated heterocycles. The number of carbonyl (C=O) groups is 1. The van der Waals surface area contributed by atoms with Crippen molar-refractivity contribution in [1.82, 2.24) is 4.98 Å². The van der Waals surface area contributed by atoms with Crippen molar-refractivity contribution in [3.05, 3.63) is 58.2 Å². The summed E-state index contributed by atoms with van der Waals surface area (Å²) in [5.74, 6) is -3.05. The highest BCUT2D eigenvalue weighted by molar-refractivity contribution is 5.88. The topological polar surface area (TPSA) is 103 Å². The summed E-state index contributed by atoms with van der Waals surface area (Å²) in [6.45, 7) is 0. The number of carboxylic acids is 1. The van der Waals surface area contributed by atoms with E-state index in [1.165, 1.54) is 30.5 Å². The minimum absolute atomic E-state index is 0.214. The minimum Gasteiger partial charge on any atom is -0.476 e. The predicted molar refractivity (Wildman–Crippen MR) is 64.3 cm³/mol. The highest BCUT2D eigenvalue weighted by Gasteiger charge is 2.23. The molecule has 1 N–H and O–H groups in total. The fourth-order valence-corrected chi connectivity index (χ4v) is 1.51. The molecule has 0 aliphatic rings. The summed E-state index contributed by atoms with van der Waals surface area (Å²) in [7, 11) is 0. The number of ether oxygens (including phenoxy) is 1. The molecule has 0 spiro atoms. The van der Waals surface area contributed by atoms with Gasteiger partial charge in [0, 0.05) is 6.20 Å². The van der Waals surface area contributed by atoms with Gasteiger partial charge in [-0.05, 0) is 24.3 Å². The van der Waals surface area contributed by atoms with Gasteiger partial charge in [0.25, 0.3) is 0 Å². The number of pyridine rings is 1. The van der Waals surface area contributed by atoms with Gasteiger partial charge in [-0.2, -0.15) is 4.39 Å². The molecule has 0 fully saturated rings. The lowest BCUT2D eigenvalue weighted by Gasteiger charge is -2.08. The first-order valence-electron chi connectivity index (χ1n) is 5.29. The van der Waals surface area contributed by atoms with Crippen LogP contribution in [0.25, 0.3) is 0 Å². The lowest BCUT2D eigenvalue weighted by Crippen LogP contribution is -2.04. The van der Waals surface area contributed by atoms with Crippen molar-refractivity contribution in [2.45, 2.75) is 0 Å². The summed E-state index contributed by atoms with van der Waals surface area (Å²) in [6, 6.07) is 5.96. The molecule has 7 nitrogen and oxygen atoms in total. The molecule has 0 amide bonds. The molecule has 2 aromatic rings. The summed E-state index contributed by atoms with van der Waals surface area (Å²) in [4.78, 5) is 24.4. The van der Waals surface area contributed by atoms with Gasteiger partial charge in [-0.3, -0.25) is 10.1 Å². The van der Waals surface area contributed by atoms with Gasteiger partial charge < -0.3 is 9.84 Å². The van der Waals surface area contributed by atoms with Crippen LogP contribution in [0, 0.1) is 15.9 Å². The van der Waals surface area contributed by atoms with Crippen molar-refractivity contribution in [2.75, 3.05) is 0 Å². The fourth-order valence-electron chi connectivity index (χ4n) is 1.51. The van der Waals surface area contributed by atoms with Gasteiger partial charge in [0.05, 0.1) is 4.92 Å². The summed E-state index contributed by atoms with van der Waals surface area (Å²) in [5, 5.41) is 19.7. The second kappa shape index (κ2) is 5.31. The van der Waals surface area contributed by atoms with Crippen molar-refractivity contribution in [3.8, 4) is 11.5 Å². The number of aromatic carboxylic acids is 1. The van der Waals surface area contributed by atoms with E-state index in [1.54, 1.807) is 0 Å². The molecule has 2 rings (SSSR count). The Labute approximate surface area is 111 Å². The van der Waals surface area contributed by atoms with Crippen LogP contribution in [0.3, 0.4) is 0 Å². The third kappa shape index (κ3) is 2.53. The molecule has 0 saturated carbocycles. The van der Waals surface area contributed by atoms with Crippen LogP contribution in [0.4, 0.5) is 10.1 Å². The van der Waals surface area contributed by atoms with Crippen LogP contribution in [-0.2, 0) is 0 Å². The molecule has 0 atom stereocenters. The van der Waals surface area contributed by atoms with Crippen LogP contribution in [0.1, 0.15) is 10.5 Å². The third-order valence-electron chi connectivity index (χ3n) is 2.33. The van der Waals surface area contributed by atoms with Crippen LogP contribution in [0.2, 0.25) is 0 Å². The predicted octanol–water partition coefficient (Wildman–Crippen LogP) is 2.62. The van der Waals surface area contributed by atoms with Gasteiger partial charge in [-0.15, -0.1) is 0 Å². The summed E-state index contributed by atoms with van der Waals surface area (Å²) in [5.41, 5.74) is -1.29. The van der Waals surface area contributed by atoms with Gasteiger partial charge in [0.15, 0.2) is 11.4 Å². The monoisotopic (exact) mass is 278 g/mol. The average Bonchev–Trinajstić information content (AvgIpc) is 2.38. The quantitative estimate of drug-likeness (QED) is 0.681. The Balaban J connectivity index is 2.49. The van der Waals surface area contributed by atoms with Crippen LogP contribution in [0.5, 0.6) is 11.5 Å². The van der Waals surface area contributed by atoms with Gasteiger partial charge in [-0.25, -0.2) is 9.78 Å². The first-order valence-corrected chi connectivity index (χ1v) is 5.29. The van der Waals surface area contributed by atoms with Crippen molar-refractivity contribution in [2.24, 2.45) is 0 Å². The van der Waals surface area contributed by atoms with E-state index in [-0.39, 0.29) is 5.75 Å². The van der Waals surface area contributed by atoms with Crippen LogP contribution in [0.15, 0.2) is 36.5 Å². The molecule has 0 aliphatic heterocycles. The van der Waals surface area contributed by atoms with Crippen molar-refractivity contribution in [3.63, 3.8) is 0 Å². The van der Waals surface area contributed by atoms with Crippen molar-refractivity contribution in [1.29, 1.82) is 0 Å². The Kier molecular flexibility index (Phi) is 3.56. The molecule has 0 aliphatic carbocycles. The fraction of sp³-hybridized carbons (Fsp3) is 0. The number of carboxylic acid groups (broad SMARTS) is 1. The molecule has 1 aromatic heterocycles. The molecule has 1 aromatic carbocycles. The maximum Gasteiger partial charge on any atom is 0.358 e. The van der Waals surface area contributed by atoms with Gasteiger partial charge >= 0.3 is 11.7 Å². The first kappa shape index (κ1) is 13.4. The smallest absolute Gasteiger partial charge is 0.358 e. The number of para-hydroxylation sites is 1. The molecule has 0 unspecified atom stereocenters. The number of aromatic nitrogens is 1. The van der Waals surface area contributed by atoms with Crippen LogP contribution >= 0.6 is 0 Å². The molecule has 0 radical (unpaired) electrons. The first-order chi connectivity index (χ1) is 9.50. The zero-order chi connectivity index (χ0) is 14.7. The largest absolute Gasteiger partial charge is 0.476 e. The molecular weight excluding hydrogens is 271 g/mol. The lowest BCUT2D eigenvalue weighted by molar-refractivity contribution is -0.388. The summed E-state index contributed by atoms with van der Waals surface area (Å²) < 4.78 is 18.5.